The lowest BCUT2D eigenvalue weighted by Gasteiger charge is -2.01. The zero-order chi connectivity index (χ0) is 20.7. The first-order valence-electron chi connectivity index (χ1n) is 10.3. The molecule has 0 aliphatic rings. The molecule has 1 atom stereocenters. The van der Waals surface area contributed by atoms with Crippen LogP contribution in [0.5, 0.6) is 0 Å². The maximum absolute atomic E-state index is 11.5. The van der Waals surface area contributed by atoms with Crippen LogP contribution in [-0.4, -0.2) is 19.1 Å². The van der Waals surface area contributed by atoms with Gasteiger partial charge in [-0.25, -0.2) is 0 Å². The Kier molecular flexibility index (Phi) is 20.5. The van der Waals surface area contributed by atoms with Crippen molar-refractivity contribution in [2.75, 3.05) is 13.2 Å². The van der Waals surface area contributed by atoms with Gasteiger partial charge in [0.25, 0.3) is 0 Å². The number of rotatable bonds is 18. The van der Waals surface area contributed by atoms with E-state index in [2.05, 4.69) is 65.4 Å². The third-order valence-electron chi connectivity index (χ3n) is 3.85. The summed E-state index contributed by atoms with van der Waals surface area (Å²) in [5.74, 6) is -0.0828. The van der Waals surface area contributed by atoms with Crippen LogP contribution in [0.15, 0.2) is 48.6 Å². The molecule has 28 heavy (non-hydrogen) atoms. The molecule has 158 valence electrons. The summed E-state index contributed by atoms with van der Waals surface area (Å²) >= 11 is 0. The van der Waals surface area contributed by atoms with E-state index < -0.39 is 8.25 Å². The molecule has 0 saturated carbocycles. The molecule has 0 fully saturated rings. The summed E-state index contributed by atoms with van der Waals surface area (Å²) in [6, 6.07) is 0. The van der Waals surface area contributed by atoms with Crippen LogP contribution in [0, 0.1) is 0 Å². The molecule has 1 unspecified atom stereocenters. The second-order valence-electron chi connectivity index (χ2n) is 6.39. The normalized spacial score (nSPS) is 12.7. The van der Waals surface area contributed by atoms with Crippen molar-refractivity contribution >= 4 is 14.2 Å². The van der Waals surface area contributed by atoms with Gasteiger partial charge in [-0.3, -0.25) is 4.79 Å². The topological polar surface area (TPSA) is 78.5 Å². The monoisotopic (exact) mass is 409 g/mol. The van der Waals surface area contributed by atoms with Crippen molar-refractivity contribution in [1.82, 2.24) is 5.32 Å². The number of hydrogen-bond acceptors (Lipinski definition) is 4. The molecular formula is C22H36NO4P. The molecule has 0 aliphatic carbocycles. The molecule has 0 spiro atoms. The molecule has 0 aromatic rings. The van der Waals surface area contributed by atoms with E-state index in [-0.39, 0.29) is 19.1 Å². The lowest BCUT2D eigenvalue weighted by molar-refractivity contribution is -0.185. The molecule has 1 amide bonds. The van der Waals surface area contributed by atoms with Gasteiger partial charge in [0.15, 0.2) is 0 Å². The smallest absolute Gasteiger partial charge is 0.488 e. The first-order valence-corrected chi connectivity index (χ1v) is 11.4. The number of carbonyl (C=O) groups excluding carboxylic acids is 1. The minimum absolute atomic E-state index is 0.0123. The second kappa shape index (κ2) is 21.7. The summed E-state index contributed by atoms with van der Waals surface area (Å²) in [6.07, 6.45) is 27.4. The number of allylic oxidation sites excluding steroid dienone is 8. The predicted molar refractivity (Wildman–Crippen MR) is 115 cm³/mol. The minimum Gasteiger partial charge on any atom is -0.566 e. The zero-order valence-electron chi connectivity index (χ0n) is 17.2. The highest BCUT2D eigenvalue weighted by Gasteiger charge is 2.03. The highest BCUT2D eigenvalue weighted by molar-refractivity contribution is 7.30. The van der Waals surface area contributed by atoms with Gasteiger partial charge in [-0.05, 0) is 49.5 Å². The second-order valence-corrected chi connectivity index (χ2v) is 7.09. The largest absolute Gasteiger partial charge is 0.566 e. The summed E-state index contributed by atoms with van der Waals surface area (Å²) in [5.41, 5.74) is 0. The van der Waals surface area contributed by atoms with E-state index in [4.69, 9.17) is 0 Å². The third-order valence-corrected chi connectivity index (χ3v) is 4.25. The Labute approximate surface area is 171 Å². The molecular weight excluding hydrogens is 373 g/mol. The number of hydrogen-bond donors (Lipinski definition) is 1. The molecule has 0 radical (unpaired) electrons. The maximum atomic E-state index is 11.5. The predicted octanol–water partition coefficient (Wildman–Crippen LogP) is 5.28. The Balaban J connectivity index is 3.47. The standard InChI is InChI=1S/C22H36NO4P/c1-2-3-4-5-6-7-8-9-10-11-12-13-14-15-16-17-18-19-22(24)23-20-21-27-28(25)26/h6-7,9-10,12-13,15-16H,2-5,8,11,14,17-21H2,1H3,(H,23,24). The Bertz CT molecular complexity index is 513. The van der Waals surface area contributed by atoms with Crippen molar-refractivity contribution in [2.45, 2.75) is 71.1 Å². The van der Waals surface area contributed by atoms with Gasteiger partial charge in [-0.1, -0.05) is 68.4 Å². The Morgan fingerprint density at radius 2 is 1.43 bits per heavy atom. The van der Waals surface area contributed by atoms with Gasteiger partial charge in [0, 0.05) is 13.0 Å². The number of unbranched alkanes of at least 4 members (excludes halogenated alkanes) is 4. The summed E-state index contributed by atoms with van der Waals surface area (Å²) in [6.45, 7) is 2.43. The Hall–Kier alpha value is -1.55. The molecule has 0 saturated heterocycles. The zero-order valence-corrected chi connectivity index (χ0v) is 18.1. The van der Waals surface area contributed by atoms with Gasteiger partial charge in [0.1, 0.15) is 6.61 Å². The molecule has 1 N–H and O–H groups in total. The minimum atomic E-state index is -2.83. The highest BCUT2D eigenvalue weighted by atomic mass is 31.1. The van der Waals surface area contributed by atoms with E-state index >= 15 is 0 Å². The summed E-state index contributed by atoms with van der Waals surface area (Å²) < 4.78 is 14.5. The van der Waals surface area contributed by atoms with Gasteiger partial charge in [-0.2, -0.15) is 0 Å². The molecule has 0 aliphatic heterocycles. The molecule has 5 nitrogen and oxygen atoms in total. The van der Waals surface area contributed by atoms with Crippen LogP contribution in [0.2, 0.25) is 0 Å². The van der Waals surface area contributed by atoms with Crippen LogP contribution in [0.1, 0.15) is 71.1 Å². The van der Waals surface area contributed by atoms with Gasteiger partial charge in [-0.15, -0.1) is 4.52 Å². The highest BCUT2D eigenvalue weighted by Crippen LogP contribution is 2.06. The van der Waals surface area contributed by atoms with E-state index in [1.165, 1.54) is 25.7 Å². The van der Waals surface area contributed by atoms with E-state index in [0.717, 1.165) is 32.1 Å². The molecule has 0 aromatic heterocycles. The fourth-order valence-electron chi connectivity index (χ4n) is 2.34. The van der Waals surface area contributed by atoms with E-state index in [9.17, 15) is 14.3 Å². The summed E-state index contributed by atoms with van der Waals surface area (Å²) in [7, 11) is -2.83. The van der Waals surface area contributed by atoms with Gasteiger partial charge >= 0.3 is 8.25 Å². The van der Waals surface area contributed by atoms with Crippen molar-refractivity contribution in [3.05, 3.63) is 48.6 Å². The van der Waals surface area contributed by atoms with E-state index in [0.29, 0.717) is 6.42 Å². The average molecular weight is 410 g/mol. The lowest BCUT2D eigenvalue weighted by atomic mass is 10.2. The average Bonchev–Trinajstić information content (AvgIpc) is 2.67. The Morgan fingerprint density at radius 1 is 0.893 bits per heavy atom. The van der Waals surface area contributed by atoms with Crippen LogP contribution in [-0.2, 0) is 13.9 Å². The Morgan fingerprint density at radius 3 is 1.96 bits per heavy atom. The van der Waals surface area contributed by atoms with Crippen molar-refractivity contribution in [3.63, 3.8) is 0 Å². The number of carbonyl (C=O) groups is 1. The molecule has 0 aromatic carbocycles. The fraction of sp³-hybridized carbons (Fsp3) is 0.591. The van der Waals surface area contributed by atoms with Crippen LogP contribution in [0.4, 0.5) is 0 Å². The quantitative estimate of drug-likeness (QED) is 0.190. The number of amides is 1. The molecule has 6 heteroatoms. The summed E-state index contributed by atoms with van der Waals surface area (Å²) in [4.78, 5) is 21.7. The van der Waals surface area contributed by atoms with Crippen LogP contribution >= 0.6 is 8.25 Å². The van der Waals surface area contributed by atoms with E-state index in [1.54, 1.807) is 0 Å². The van der Waals surface area contributed by atoms with Gasteiger partial charge < -0.3 is 10.2 Å². The lowest BCUT2D eigenvalue weighted by Crippen LogP contribution is -2.26. The van der Waals surface area contributed by atoms with Crippen LogP contribution in [0.3, 0.4) is 0 Å². The fourth-order valence-corrected chi connectivity index (χ4v) is 2.58. The molecule has 0 bridgehead atoms. The molecule has 0 rings (SSSR count). The molecule has 0 heterocycles. The number of nitrogens with one attached hydrogen (secondary N) is 1. The van der Waals surface area contributed by atoms with E-state index in [1.807, 2.05) is 0 Å². The first-order chi connectivity index (χ1) is 13.7. The van der Waals surface area contributed by atoms with Gasteiger partial charge in [0.2, 0.25) is 5.91 Å². The van der Waals surface area contributed by atoms with Crippen LogP contribution in [0.25, 0.3) is 0 Å². The first kappa shape index (κ1) is 26.4. The van der Waals surface area contributed by atoms with Gasteiger partial charge in [0.05, 0.1) is 0 Å². The van der Waals surface area contributed by atoms with Crippen molar-refractivity contribution < 1.29 is 18.8 Å². The van der Waals surface area contributed by atoms with Crippen molar-refractivity contribution in [2.24, 2.45) is 0 Å². The SMILES string of the molecule is CCCCCC=CCC=CCC=CCC=CCCCC(=O)NCCO[P+](=O)[O-]. The van der Waals surface area contributed by atoms with Crippen LogP contribution < -0.4 is 10.2 Å². The maximum Gasteiger partial charge on any atom is 0.488 e. The summed E-state index contributed by atoms with van der Waals surface area (Å²) in [5, 5.41) is 2.62. The third kappa shape index (κ3) is 22.5. The van der Waals surface area contributed by atoms with Crippen molar-refractivity contribution in [3.8, 4) is 0 Å². The van der Waals surface area contributed by atoms with Crippen molar-refractivity contribution in [1.29, 1.82) is 0 Å².